The predicted octanol–water partition coefficient (Wildman–Crippen LogP) is 1.93. The molecule has 0 radical (unpaired) electrons. The van der Waals surface area contributed by atoms with Gasteiger partial charge in [0.1, 0.15) is 0 Å². The second kappa shape index (κ2) is 4.75. The maximum absolute atomic E-state index is 12.1. The first-order valence-corrected chi connectivity index (χ1v) is 5.37. The van der Waals surface area contributed by atoms with Crippen molar-refractivity contribution in [3.05, 3.63) is 23.3 Å². The normalized spacial score (nSPS) is 11.2. The molecule has 0 saturated carbocycles. The minimum Gasteiger partial charge on any atom is -0.493 e. The molecule has 0 unspecified atom stereocenters. The Balaban J connectivity index is 3.31. The van der Waals surface area contributed by atoms with Crippen LogP contribution in [-0.4, -0.2) is 25.5 Å². The molecule has 0 aliphatic rings. The summed E-state index contributed by atoms with van der Waals surface area (Å²) in [4.78, 5) is 12.1. The lowest BCUT2D eigenvalue weighted by atomic mass is 9.91. The van der Waals surface area contributed by atoms with Crippen molar-refractivity contribution >= 4 is 5.78 Å². The molecule has 94 valence electrons. The lowest BCUT2D eigenvalue weighted by Gasteiger charge is -2.19. The van der Waals surface area contributed by atoms with Gasteiger partial charge in [0.2, 0.25) is 0 Å². The molecule has 0 bridgehead atoms. The molecular formula is C13H19NO3. The van der Waals surface area contributed by atoms with Gasteiger partial charge in [-0.2, -0.15) is 0 Å². The SMILES string of the molecule is COc1cc(C)c(C(=O)C(C)(C)N)cc1OC. The maximum atomic E-state index is 12.1. The number of carbonyl (C=O) groups excluding carboxylic acids is 1. The van der Waals surface area contributed by atoms with Gasteiger partial charge in [0, 0.05) is 5.56 Å². The molecule has 2 N–H and O–H groups in total. The molecule has 0 spiro atoms. The van der Waals surface area contributed by atoms with Crippen LogP contribution in [0.25, 0.3) is 0 Å². The molecule has 1 aromatic rings. The molecule has 0 saturated heterocycles. The zero-order chi connectivity index (χ0) is 13.2. The highest BCUT2D eigenvalue weighted by molar-refractivity contribution is 6.04. The van der Waals surface area contributed by atoms with E-state index in [4.69, 9.17) is 15.2 Å². The van der Waals surface area contributed by atoms with Crippen LogP contribution in [0.3, 0.4) is 0 Å². The summed E-state index contributed by atoms with van der Waals surface area (Å²) < 4.78 is 10.3. The van der Waals surface area contributed by atoms with Gasteiger partial charge in [-0.05, 0) is 38.5 Å². The number of ether oxygens (including phenoxy) is 2. The Labute approximate surface area is 102 Å². The fourth-order valence-corrected chi connectivity index (χ4v) is 1.57. The number of ketones is 1. The number of aryl methyl sites for hydroxylation is 1. The number of carbonyl (C=O) groups is 1. The Kier molecular flexibility index (Phi) is 3.78. The van der Waals surface area contributed by atoms with E-state index >= 15 is 0 Å². The lowest BCUT2D eigenvalue weighted by Crippen LogP contribution is -2.41. The van der Waals surface area contributed by atoms with Crippen molar-refractivity contribution in [1.82, 2.24) is 0 Å². The van der Waals surface area contributed by atoms with E-state index in [2.05, 4.69) is 0 Å². The van der Waals surface area contributed by atoms with Gasteiger partial charge in [0.15, 0.2) is 17.3 Å². The van der Waals surface area contributed by atoms with Gasteiger partial charge < -0.3 is 15.2 Å². The Hall–Kier alpha value is -1.55. The zero-order valence-electron chi connectivity index (χ0n) is 11.0. The number of benzene rings is 1. The summed E-state index contributed by atoms with van der Waals surface area (Å²) in [5.74, 6) is 1.03. The first kappa shape index (κ1) is 13.5. The standard InChI is InChI=1S/C13H19NO3/c1-8-6-10(16-4)11(17-5)7-9(8)12(15)13(2,3)14/h6-7H,14H2,1-5H3. The van der Waals surface area contributed by atoms with Gasteiger partial charge in [-0.25, -0.2) is 0 Å². The van der Waals surface area contributed by atoms with Crippen LogP contribution in [0.2, 0.25) is 0 Å². The average Bonchev–Trinajstić information content (AvgIpc) is 2.26. The number of hydrogen-bond donors (Lipinski definition) is 1. The van der Waals surface area contributed by atoms with Crippen molar-refractivity contribution in [3.8, 4) is 11.5 Å². The van der Waals surface area contributed by atoms with Crippen LogP contribution in [0.1, 0.15) is 29.8 Å². The van der Waals surface area contributed by atoms with Crippen LogP contribution in [0.4, 0.5) is 0 Å². The third-order valence-corrected chi connectivity index (χ3v) is 2.56. The molecule has 1 aromatic carbocycles. The highest BCUT2D eigenvalue weighted by Crippen LogP contribution is 2.31. The molecule has 0 heterocycles. The van der Waals surface area contributed by atoms with Crippen LogP contribution in [-0.2, 0) is 0 Å². The minimum atomic E-state index is -0.898. The Morgan fingerprint density at radius 2 is 1.65 bits per heavy atom. The van der Waals surface area contributed by atoms with Crippen molar-refractivity contribution in [3.63, 3.8) is 0 Å². The van der Waals surface area contributed by atoms with Crippen molar-refractivity contribution in [2.24, 2.45) is 5.73 Å². The molecule has 1 rings (SSSR count). The van der Waals surface area contributed by atoms with Crippen LogP contribution >= 0.6 is 0 Å². The second-order valence-corrected chi connectivity index (χ2v) is 4.57. The Morgan fingerprint density at radius 1 is 1.18 bits per heavy atom. The maximum Gasteiger partial charge on any atom is 0.182 e. The molecule has 17 heavy (non-hydrogen) atoms. The minimum absolute atomic E-state index is 0.115. The molecule has 0 atom stereocenters. The Morgan fingerprint density at radius 3 is 2.06 bits per heavy atom. The third kappa shape index (κ3) is 2.77. The van der Waals surface area contributed by atoms with Crippen LogP contribution in [0.15, 0.2) is 12.1 Å². The molecular weight excluding hydrogens is 218 g/mol. The van der Waals surface area contributed by atoms with Gasteiger partial charge >= 0.3 is 0 Å². The van der Waals surface area contributed by atoms with E-state index in [9.17, 15) is 4.79 Å². The zero-order valence-corrected chi connectivity index (χ0v) is 11.0. The fraction of sp³-hybridized carbons (Fsp3) is 0.462. The third-order valence-electron chi connectivity index (χ3n) is 2.56. The van der Waals surface area contributed by atoms with Gasteiger partial charge in [-0.15, -0.1) is 0 Å². The van der Waals surface area contributed by atoms with Gasteiger partial charge in [0.05, 0.1) is 19.8 Å². The monoisotopic (exact) mass is 237 g/mol. The van der Waals surface area contributed by atoms with E-state index in [0.717, 1.165) is 5.56 Å². The van der Waals surface area contributed by atoms with E-state index in [1.54, 1.807) is 33.1 Å². The molecule has 0 fully saturated rings. The highest BCUT2D eigenvalue weighted by Gasteiger charge is 2.26. The molecule has 0 aromatic heterocycles. The fourth-order valence-electron chi connectivity index (χ4n) is 1.57. The summed E-state index contributed by atoms with van der Waals surface area (Å²) in [6, 6.07) is 3.45. The average molecular weight is 237 g/mol. The van der Waals surface area contributed by atoms with E-state index in [-0.39, 0.29) is 5.78 Å². The number of Topliss-reactive ketones (excluding diaryl/α,β-unsaturated/α-hetero) is 1. The summed E-state index contributed by atoms with van der Waals surface area (Å²) in [5, 5.41) is 0. The van der Waals surface area contributed by atoms with Crippen molar-refractivity contribution in [2.75, 3.05) is 14.2 Å². The molecule has 0 amide bonds. The summed E-state index contributed by atoms with van der Waals surface area (Å²) >= 11 is 0. The quantitative estimate of drug-likeness (QED) is 0.813. The predicted molar refractivity (Wildman–Crippen MR) is 66.9 cm³/mol. The first-order chi connectivity index (χ1) is 7.81. The smallest absolute Gasteiger partial charge is 0.182 e. The first-order valence-electron chi connectivity index (χ1n) is 5.37. The van der Waals surface area contributed by atoms with E-state index < -0.39 is 5.54 Å². The van der Waals surface area contributed by atoms with Crippen molar-refractivity contribution in [1.29, 1.82) is 0 Å². The molecule has 4 heteroatoms. The molecule has 4 nitrogen and oxygen atoms in total. The highest BCUT2D eigenvalue weighted by atomic mass is 16.5. The largest absolute Gasteiger partial charge is 0.493 e. The summed E-state index contributed by atoms with van der Waals surface area (Å²) in [7, 11) is 3.10. The van der Waals surface area contributed by atoms with Gasteiger partial charge in [0.25, 0.3) is 0 Å². The molecule has 0 aliphatic heterocycles. The second-order valence-electron chi connectivity index (χ2n) is 4.57. The van der Waals surface area contributed by atoms with E-state index in [1.165, 1.54) is 7.11 Å². The van der Waals surface area contributed by atoms with Gasteiger partial charge in [-0.3, -0.25) is 4.79 Å². The van der Waals surface area contributed by atoms with Gasteiger partial charge in [-0.1, -0.05) is 0 Å². The van der Waals surface area contributed by atoms with Crippen molar-refractivity contribution in [2.45, 2.75) is 26.3 Å². The number of rotatable bonds is 4. The van der Waals surface area contributed by atoms with Crippen LogP contribution in [0, 0.1) is 6.92 Å². The summed E-state index contributed by atoms with van der Waals surface area (Å²) in [5.41, 5.74) is 6.31. The van der Waals surface area contributed by atoms with E-state index in [1.807, 2.05) is 6.92 Å². The Bertz CT molecular complexity index is 433. The molecule has 0 aliphatic carbocycles. The lowest BCUT2D eigenvalue weighted by molar-refractivity contribution is 0.0912. The van der Waals surface area contributed by atoms with E-state index in [0.29, 0.717) is 17.1 Å². The van der Waals surface area contributed by atoms with Crippen LogP contribution < -0.4 is 15.2 Å². The van der Waals surface area contributed by atoms with Crippen molar-refractivity contribution < 1.29 is 14.3 Å². The summed E-state index contributed by atoms with van der Waals surface area (Å²) in [6.45, 7) is 5.22. The summed E-state index contributed by atoms with van der Waals surface area (Å²) in [6.07, 6.45) is 0. The number of hydrogen-bond acceptors (Lipinski definition) is 4. The van der Waals surface area contributed by atoms with Crippen LogP contribution in [0.5, 0.6) is 11.5 Å². The number of nitrogens with two attached hydrogens (primary N) is 1. The topological polar surface area (TPSA) is 61.5 Å². The number of methoxy groups -OCH3 is 2.